The predicted octanol–water partition coefficient (Wildman–Crippen LogP) is 4.60. The van der Waals surface area contributed by atoms with E-state index < -0.39 is 33.4 Å². The lowest BCUT2D eigenvalue weighted by Gasteiger charge is -2.40. The van der Waals surface area contributed by atoms with E-state index in [1.54, 1.807) is 33.7 Å². The normalized spacial score (nSPS) is 29.4. The summed E-state index contributed by atoms with van der Waals surface area (Å²) in [7, 11) is 0. The number of hydrogen-bond donors (Lipinski definition) is 1. The van der Waals surface area contributed by atoms with Gasteiger partial charge in [-0.15, -0.1) is 24.9 Å². The summed E-state index contributed by atoms with van der Waals surface area (Å²) in [6, 6.07) is 8.48. The number of aliphatic hydroxyl groups is 1. The molecule has 8 heteroatoms. The molecule has 3 heterocycles. The molecule has 40 heavy (non-hydrogen) atoms. The van der Waals surface area contributed by atoms with E-state index in [-0.39, 0.29) is 36.9 Å². The Balaban J connectivity index is 1.74. The molecular weight excluding hydrogens is 524 g/mol. The first kappa shape index (κ1) is 30.4. The van der Waals surface area contributed by atoms with Crippen molar-refractivity contribution in [2.75, 3.05) is 19.8 Å². The van der Waals surface area contributed by atoms with Crippen molar-refractivity contribution in [2.24, 2.45) is 17.8 Å². The van der Waals surface area contributed by atoms with Gasteiger partial charge in [0.15, 0.2) is 0 Å². The third-order valence-electron chi connectivity index (χ3n) is 8.72. The molecule has 0 radical (unpaired) electrons. The molecule has 3 saturated heterocycles. The van der Waals surface area contributed by atoms with Crippen LogP contribution >= 0.6 is 11.8 Å². The molecule has 2 unspecified atom stereocenters. The van der Waals surface area contributed by atoms with Crippen LogP contribution in [-0.2, 0) is 25.7 Å². The zero-order valence-electron chi connectivity index (χ0n) is 24.1. The lowest BCUT2D eigenvalue weighted by molar-refractivity contribution is -0.156. The lowest BCUT2D eigenvalue weighted by Crippen LogP contribution is -2.57. The molecule has 2 amide bonds. The van der Waals surface area contributed by atoms with Crippen molar-refractivity contribution < 1.29 is 24.2 Å². The van der Waals surface area contributed by atoms with Crippen molar-refractivity contribution in [3.05, 3.63) is 61.2 Å². The standard InChI is InChI=1S/C32H44N2O5S/c1-6-8-12-18-39-30(38)26-25-28(36)34(24(21-35)19-22(3)4)27(32(25)16-15-31(26,5)40-32)29(37)33(17-7-2)20-23-13-10-9-11-14-23/h6-7,9-11,13-14,22,24-27,35H,1-2,8,12,15-21H2,3-5H3/t24-,25+,26+,27?,31-,32?/m1/s1. The molecule has 3 aliphatic rings. The maximum atomic E-state index is 14.6. The molecule has 2 bridgehead atoms. The monoisotopic (exact) mass is 568 g/mol. The Bertz CT molecular complexity index is 1110. The van der Waals surface area contributed by atoms with Crippen LogP contribution in [-0.4, -0.2) is 74.0 Å². The fourth-order valence-electron chi connectivity index (χ4n) is 7.07. The lowest BCUT2D eigenvalue weighted by atomic mass is 9.66. The minimum atomic E-state index is -0.782. The Kier molecular flexibility index (Phi) is 9.51. The second-order valence-corrected chi connectivity index (χ2v) is 13.9. The predicted molar refractivity (Wildman–Crippen MR) is 158 cm³/mol. The molecule has 3 aliphatic heterocycles. The number of ether oxygens (including phenoxy) is 1. The van der Waals surface area contributed by atoms with Crippen LogP contribution in [0.2, 0.25) is 0 Å². The van der Waals surface area contributed by atoms with Crippen LogP contribution in [0, 0.1) is 17.8 Å². The zero-order chi connectivity index (χ0) is 29.1. The van der Waals surface area contributed by atoms with Gasteiger partial charge in [-0.2, -0.15) is 0 Å². The summed E-state index contributed by atoms with van der Waals surface area (Å²) in [6.07, 6.45) is 6.87. The molecule has 0 saturated carbocycles. The largest absolute Gasteiger partial charge is 0.465 e. The molecule has 6 atom stereocenters. The molecule has 3 fully saturated rings. The van der Waals surface area contributed by atoms with Crippen LogP contribution in [0.4, 0.5) is 0 Å². The highest BCUT2D eigenvalue weighted by molar-refractivity contribution is 8.02. The highest BCUT2D eigenvalue weighted by Gasteiger charge is 2.78. The second kappa shape index (κ2) is 12.5. The fourth-order valence-corrected chi connectivity index (χ4v) is 9.40. The molecular formula is C32H44N2O5S. The maximum absolute atomic E-state index is 14.6. The molecule has 1 aromatic rings. The summed E-state index contributed by atoms with van der Waals surface area (Å²) in [6.45, 7) is 14.5. The number of allylic oxidation sites excluding steroid dienone is 1. The number of esters is 1. The number of nitrogens with zero attached hydrogens (tertiary/aromatic N) is 2. The van der Waals surface area contributed by atoms with Crippen molar-refractivity contribution in [1.82, 2.24) is 9.80 Å². The highest BCUT2D eigenvalue weighted by Crippen LogP contribution is 2.71. The molecule has 0 aromatic heterocycles. The van der Waals surface area contributed by atoms with Crippen LogP contribution in [0.15, 0.2) is 55.6 Å². The topological polar surface area (TPSA) is 87.1 Å². The molecule has 0 aliphatic carbocycles. The third-order valence-corrected chi connectivity index (χ3v) is 10.7. The van der Waals surface area contributed by atoms with E-state index in [9.17, 15) is 19.5 Å². The SMILES string of the molecule is C=CCCCOC(=O)[C@@H]1[C@H]2C(=O)N([C@@H](CO)CC(C)C)C(C(=O)N(CC=C)Cc3ccccc3)C23CC[C@@]1(C)S3. The van der Waals surface area contributed by atoms with E-state index in [1.807, 2.05) is 51.1 Å². The van der Waals surface area contributed by atoms with Gasteiger partial charge >= 0.3 is 5.97 Å². The van der Waals surface area contributed by atoms with Crippen molar-refractivity contribution >= 4 is 29.5 Å². The molecule has 4 rings (SSSR count). The Morgan fingerprint density at radius 1 is 1.23 bits per heavy atom. The summed E-state index contributed by atoms with van der Waals surface area (Å²) in [5, 5.41) is 10.5. The summed E-state index contributed by atoms with van der Waals surface area (Å²) >= 11 is 1.63. The first-order valence-corrected chi connectivity index (χ1v) is 15.3. The van der Waals surface area contributed by atoms with Gasteiger partial charge in [-0.25, -0.2) is 0 Å². The van der Waals surface area contributed by atoms with E-state index in [0.29, 0.717) is 32.4 Å². The van der Waals surface area contributed by atoms with Gasteiger partial charge < -0.3 is 19.6 Å². The number of amides is 2. The second-order valence-electron chi connectivity index (χ2n) is 12.0. The fraction of sp³-hybridized carbons (Fsp3) is 0.594. The highest BCUT2D eigenvalue weighted by atomic mass is 32.2. The maximum Gasteiger partial charge on any atom is 0.311 e. The summed E-state index contributed by atoms with van der Waals surface area (Å²) in [5.74, 6) is -1.81. The number of fused-ring (bicyclic) bond motifs is 1. The van der Waals surface area contributed by atoms with Gasteiger partial charge in [0.05, 0.1) is 35.8 Å². The van der Waals surface area contributed by atoms with Crippen molar-refractivity contribution in [2.45, 2.75) is 81.0 Å². The van der Waals surface area contributed by atoms with Crippen LogP contribution in [0.3, 0.4) is 0 Å². The average molecular weight is 569 g/mol. The van der Waals surface area contributed by atoms with Gasteiger partial charge in [0.25, 0.3) is 0 Å². The molecule has 7 nitrogen and oxygen atoms in total. The first-order valence-electron chi connectivity index (χ1n) is 14.5. The van der Waals surface area contributed by atoms with Gasteiger partial charge in [-0.1, -0.05) is 56.3 Å². The summed E-state index contributed by atoms with van der Waals surface area (Å²) in [4.78, 5) is 46.0. The smallest absolute Gasteiger partial charge is 0.311 e. The number of carbonyl (C=O) groups excluding carboxylic acids is 3. The van der Waals surface area contributed by atoms with Crippen molar-refractivity contribution in [1.29, 1.82) is 0 Å². The van der Waals surface area contributed by atoms with E-state index in [1.165, 1.54) is 0 Å². The zero-order valence-corrected chi connectivity index (χ0v) is 24.9. The Morgan fingerprint density at radius 2 is 1.95 bits per heavy atom. The quantitative estimate of drug-likeness (QED) is 0.201. The van der Waals surface area contributed by atoms with Gasteiger partial charge in [-0.3, -0.25) is 14.4 Å². The number of hydrogen-bond acceptors (Lipinski definition) is 6. The number of benzene rings is 1. The van der Waals surface area contributed by atoms with E-state index in [0.717, 1.165) is 18.4 Å². The number of likely N-dealkylation sites (tertiary alicyclic amines) is 1. The molecule has 1 spiro atoms. The van der Waals surface area contributed by atoms with Crippen LogP contribution in [0.5, 0.6) is 0 Å². The van der Waals surface area contributed by atoms with Crippen LogP contribution < -0.4 is 0 Å². The van der Waals surface area contributed by atoms with Gasteiger partial charge in [0.1, 0.15) is 6.04 Å². The first-order chi connectivity index (χ1) is 19.1. The number of aliphatic hydroxyl groups excluding tert-OH is 1. The van der Waals surface area contributed by atoms with Crippen LogP contribution in [0.1, 0.15) is 58.4 Å². The third kappa shape index (κ3) is 5.49. The number of unbranched alkanes of at least 4 members (excludes halogenated alkanes) is 1. The van der Waals surface area contributed by atoms with Crippen LogP contribution in [0.25, 0.3) is 0 Å². The van der Waals surface area contributed by atoms with E-state index >= 15 is 0 Å². The van der Waals surface area contributed by atoms with Gasteiger partial charge in [-0.05, 0) is 50.5 Å². The Labute approximate surface area is 243 Å². The van der Waals surface area contributed by atoms with Gasteiger partial charge in [0.2, 0.25) is 11.8 Å². The Hall–Kier alpha value is -2.58. The molecule has 1 aromatic carbocycles. The van der Waals surface area contributed by atoms with E-state index in [2.05, 4.69) is 13.2 Å². The summed E-state index contributed by atoms with van der Waals surface area (Å²) < 4.78 is 4.47. The average Bonchev–Trinajstić information content (AvgIpc) is 3.50. The summed E-state index contributed by atoms with van der Waals surface area (Å²) in [5.41, 5.74) is 0.986. The van der Waals surface area contributed by atoms with Crippen molar-refractivity contribution in [3.63, 3.8) is 0 Å². The number of thioether (sulfide) groups is 1. The minimum absolute atomic E-state index is 0.154. The Morgan fingerprint density at radius 3 is 2.58 bits per heavy atom. The van der Waals surface area contributed by atoms with Gasteiger partial charge in [0, 0.05) is 17.8 Å². The van der Waals surface area contributed by atoms with Crippen molar-refractivity contribution in [3.8, 4) is 0 Å². The molecule has 1 N–H and O–H groups in total. The van der Waals surface area contributed by atoms with E-state index in [4.69, 9.17) is 4.74 Å². The minimum Gasteiger partial charge on any atom is -0.465 e. The number of carbonyl (C=O) groups is 3. The number of rotatable bonds is 14. The molecule has 218 valence electrons.